The normalized spacial score (nSPS) is 11.5. The Bertz CT molecular complexity index is 1240. The van der Waals surface area contributed by atoms with Gasteiger partial charge in [-0.3, -0.25) is 14.9 Å². The van der Waals surface area contributed by atoms with E-state index in [0.717, 1.165) is 17.4 Å². The predicted octanol–water partition coefficient (Wildman–Crippen LogP) is 2.80. The Morgan fingerprint density at radius 3 is 2.68 bits per heavy atom. The van der Waals surface area contributed by atoms with Gasteiger partial charge in [-0.05, 0) is 18.2 Å². The Balaban J connectivity index is 1.67. The number of nitro groups is 1. The number of nitro benzene ring substituents is 1. The first-order chi connectivity index (χ1) is 14.7. The first-order valence-electron chi connectivity index (χ1n) is 8.95. The van der Waals surface area contributed by atoms with E-state index in [2.05, 4.69) is 10.0 Å². The lowest BCUT2D eigenvalue weighted by Gasteiger charge is -2.08. The molecule has 12 heteroatoms. The van der Waals surface area contributed by atoms with Crippen LogP contribution in [0.15, 0.2) is 47.4 Å². The molecule has 1 heterocycles. The molecule has 2 N–H and O–H groups in total. The Kier molecular flexibility index (Phi) is 6.95. The van der Waals surface area contributed by atoms with Gasteiger partial charge in [0.2, 0.25) is 10.0 Å². The summed E-state index contributed by atoms with van der Waals surface area (Å²) in [7, 11) is -2.56. The largest absolute Gasteiger partial charge is 0.380 e. The zero-order chi connectivity index (χ0) is 22.6. The summed E-state index contributed by atoms with van der Waals surface area (Å²) in [5.74, 6) is -0.938. The maximum Gasteiger partial charge on any atom is 0.270 e. The lowest BCUT2D eigenvalue weighted by atomic mass is 10.1. The fourth-order valence-electron chi connectivity index (χ4n) is 2.92. The van der Waals surface area contributed by atoms with E-state index in [1.54, 1.807) is 12.1 Å². The highest BCUT2D eigenvalue weighted by atomic mass is 32.2. The first-order valence-corrected chi connectivity index (χ1v) is 11.3. The molecule has 164 valence electrons. The first kappa shape index (κ1) is 22.7. The number of hydrogen-bond donors (Lipinski definition) is 2. The molecule has 1 aromatic heterocycles. The zero-order valence-electron chi connectivity index (χ0n) is 16.3. The van der Waals surface area contributed by atoms with Crippen LogP contribution in [-0.2, 0) is 21.4 Å². The van der Waals surface area contributed by atoms with Crippen molar-refractivity contribution in [3.8, 4) is 0 Å². The average Bonchev–Trinajstić information content (AvgIpc) is 3.11. The number of halogens is 1. The van der Waals surface area contributed by atoms with Gasteiger partial charge < -0.3 is 10.1 Å². The third kappa shape index (κ3) is 5.05. The van der Waals surface area contributed by atoms with Gasteiger partial charge in [0.25, 0.3) is 11.6 Å². The minimum Gasteiger partial charge on any atom is -0.380 e. The molecule has 2 aromatic carbocycles. The second kappa shape index (κ2) is 9.47. The molecular weight excluding hydrogens is 449 g/mol. The van der Waals surface area contributed by atoms with Crippen molar-refractivity contribution in [2.75, 3.05) is 20.2 Å². The standard InChI is InChI=1S/C19H18FN3O6S2/c1-29-11-14-17-15(20)6-3-7-16(17)30-18(14)19(24)21-8-9-22-31(27,28)13-5-2-4-12(10-13)23(25)26/h2-7,10,22H,8-9,11H2,1H3,(H,21,24). The monoisotopic (exact) mass is 467 g/mol. The van der Waals surface area contributed by atoms with Gasteiger partial charge in [0.05, 0.1) is 21.3 Å². The topological polar surface area (TPSA) is 128 Å². The molecule has 0 saturated heterocycles. The van der Waals surface area contributed by atoms with Crippen LogP contribution in [0, 0.1) is 15.9 Å². The fourth-order valence-corrected chi connectivity index (χ4v) is 5.13. The molecule has 1 amide bonds. The molecule has 9 nitrogen and oxygen atoms in total. The Morgan fingerprint density at radius 1 is 1.23 bits per heavy atom. The van der Waals surface area contributed by atoms with Gasteiger partial charge in [-0.2, -0.15) is 0 Å². The molecule has 3 rings (SSSR count). The third-order valence-corrected chi connectivity index (χ3v) is 6.95. The second-order valence-corrected chi connectivity index (χ2v) is 9.18. The van der Waals surface area contributed by atoms with Crippen LogP contribution in [0.1, 0.15) is 15.2 Å². The van der Waals surface area contributed by atoms with Gasteiger partial charge in [-0.1, -0.05) is 12.1 Å². The maximum atomic E-state index is 14.2. The molecular formula is C19H18FN3O6S2. The van der Waals surface area contributed by atoms with Crippen molar-refractivity contribution >= 4 is 43.0 Å². The maximum absolute atomic E-state index is 14.2. The molecule has 0 bridgehead atoms. The molecule has 0 spiro atoms. The van der Waals surface area contributed by atoms with E-state index in [9.17, 15) is 27.7 Å². The summed E-state index contributed by atoms with van der Waals surface area (Å²) in [5.41, 5.74) is 0.0779. The molecule has 0 unspecified atom stereocenters. The average molecular weight is 468 g/mol. The number of fused-ring (bicyclic) bond motifs is 1. The minimum absolute atomic E-state index is 0.0447. The van der Waals surface area contributed by atoms with Gasteiger partial charge in [0, 0.05) is 48.0 Å². The predicted molar refractivity (Wildman–Crippen MR) is 113 cm³/mol. The number of nitrogens with one attached hydrogen (secondary N) is 2. The van der Waals surface area contributed by atoms with Crippen LogP contribution < -0.4 is 10.0 Å². The highest BCUT2D eigenvalue weighted by Crippen LogP contribution is 2.33. The number of nitrogens with zero attached hydrogens (tertiary/aromatic N) is 1. The van der Waals surface area contributed by atoms with E-state index >= 15 is 0 Å². The van der Waals surface area contributed by atoms with Crippen molar-refractivity contribution in [3.05, 3.63) is 68.8 Å². The molecule has 0 fully saturated rings. The molecule has 0 radical (unpaired) electrons. The van der Waals surface area contributed by atoms with Gasteiger partial charge in [0.1, 0.15) is 5.82 Å². The van der Waals surface area contributed by atoms with E-state index in [4.69, 9.17) is 4.74 Å². The Labute approximate surface area is 181 Å². The van der Waals surface area contributed by atoms with E-state index in [-0.39, 0.29) is 35.2 Å². The number of non-ortho nitro benzene ring substituents is 1. The number of rotatable bonds is 9. The van der Waals surface area contributed by atoms with Crippen molar-refractivity contribution in [1.82, 2.24) is 10.0 Å². The summed E-state index contributed by atoms with van der Waals surface area (Å²) in [6.07, 6.45) is 0. The van der Waals surface area contributed by atoms with E-state index in [0.29, 0.717) is 15.6 Å². The van der Waals surface area contributed by atoms with Gasteiger partial charge >= 0.3 is 0 Å². The van der Waals surface area contributed by atoms with Crippen LogP contribution in [0.2, 0.25) is 0 Å². The van der Waals surface area contributed by atoms with Crippen LogP contribution in [0.5, 0.6) is 0 Å². The molecule has 3 aromatic rings. The third-order valence-electron chi connectivity index (χ3n) is 4.30. The fraction of sp³-hybridized carbons (Fsp3) is 0.211. The van der Waals surface area contributed by atoms with Crippen molar-refractivity contribution in [2.45, 2.75) is 11.5 Å². The van der Waals surface area contributed by atoms with Crippen molar-refractivity contribution in [2.24, 2.45) is 0 Å². The lowest BCUT2D eigenvalue weighted by Crippen LogP contribution is -2.34. The van der Waals surface area contributed by atoms with Crippen LogP contribution in [0.4, 0.5) is 10.1 Å². The van der Waals surface area contributed by atoms with Gasteiger partial charge in [0.15, 0.2) is 0 Å². The lowest BCUT2D eigenvalue weighted by molar-refractivity contribution is -0.385. The molecule has 0 aliphatic rings. The van der Waals surface area contributed by atoms with E-state index < -0.39 is 26.7 Å². The molecule has 0 aliphatic carbocycles. The quantitative estimate of drug-likeness (QED) is 0.283. The Morgan fingerprint density at radius 2 is 1.97 bits per heavy atom. The zero-order valence-corrected chi connectivity index (χ0v) is 17.9. The SMILES string of the molecule is COCc1c(C(=O)NCCNS(=O)(=O)c2cccc([N+](=O)[O-])c2)sc2cccc(F)c12. The summed E-state index contributed by atoms with van der Waals surface area (Å²) in [5, 5.41) is 13.7. The van der Waals surface area contributed by atoms with Gasteiger partial charge in [-0.15, -0.1) is 11.3 Å². The number of benzene rings is 2. The van der Waals surface area contributed by atoms with Crippen LogP contribution >= 0.6 is 11.3 Å². The summed E-state index contributed by atoms with van der Waals surface area (Å²) in [6.45, 7) is -0.144. The number of methoxy groups -OCH3 is 1. The van der Waals surface area contributed by atoms with Crippen LogP contribution in [0.25, 0.3) is 10.1 Å². The number of thiophene rings is 1. The number of amides is 1. The number of sulfonamides is 1. The summed E-state index contributed by atoms with van der Waals surface area (Å²) in [4.78, 5) is 22.8. The number of carbonyl (C=O) groups excluding carboxylic acids is 1. The van der Waals surface area contributed by atoms with Crippen molar-refractivity contribution < 1.29 is 27.3 Å². The van der Waals surface area contributed by atoms with Gasteiger partial charge in [-0.25, -0.2) is 17.5 Å². The molecule has 31 heavy (non-hydrogen) atoms. The number of carbonyl (C=O) groups is 1. The second-order valence-electron chi connectivity index (χ2n) is 6.36. The minimum atomic E-state index is -3.99. The van der Waals surface area contributed by atoms with Crippen LogP contribution in [0.3, 0.4) is 0 Å². The highest BCUT2D eigenvalue weighted by molar-refractivity contribution is 7.89. The highest BCUT2D eigenvalue weighted by Gasteiger charge is 2.21. The van der Waals surface area contributed by atoms with Crippen LogP contribution in [-0.4, -0.2) is 39.4 Å². The summed E-state index contributed by atoms with van der Waals surface area (Å²) >= 11 is 1.12. The van der Waals surface area contributed by atoms with Crippen molar-refractivity contribution in [3.63, 3.8) is 0 Å². The van der Waals surface area contributed by atoms with E-state index in [1.165, 1.54) is 31.4 Å². The summed E-state index contributed by atoms with van der Waals surface area (Å²) < 4.78 is 46.8. The van der Waals surface area contributed by atoms with Crippen molar-refractivity contribution in [1.29, 1.82) is 0 Å². The number of ether oxygens (including phenoxy) is 1. The molecule has 0 aliphatic heterocycles. The molecule has 0 atom stereocenters. The summed E-state index contributed by atoms with van der Waals surface area (Å²) in [6, 6.07) is 9.19. The Hall–Kier alpha value is -2.93. The smallest absolute Gasteiger partial charge is 0.270 e. The number of hydrogen-bond acceptors (Lipinski definition) is 7. The van der Waals surface area contributed by atoms with E-state index in [1.807, 2.05) is 0 Å². The molecule has 0 saturated carbocycles.